The van der Waals surface area contributed by atoms with Gasteiger partial charge in [0.15, 0.2) is 0 Å². The summed E-state index contributed by atoms with van der Waals surface area (Å²) >= 11 is 12.2. The normalized spacial score (nSPS) is 26.0. The topological polar surface area (TPSA) is 35.5 Å². The molecular formula is C23H34Cl2O3. The van der Waals surface area contributed by atoms with Gasteiger partial charge in [0.25, 0.3) is 0 Å². The highest BCUT2D eigenvalue weighted by atomic mass is 35.5. The zero-order valence-electron chi connectivity index (χ0n) is 17.4. The summed E-state index contributed by atoms with van der Waals surface area (Å²) in [6.07, 6.45) is 8.33. The molecule has 5 heteroatoms. The maximum Gasteiger partial charge on any atom is 0.316 e. The Morgan fingerprint density at radius 1 is 1.14 bits per heavy atom. The standard InChI is InChI=1S/C20H26Cl2O3.C3H8/c1-13-5-4-6-15(11-13)25-20(23)19(18-7-2-3-10-24-18)14-8-9-16(21)17(22)12-14;1-3-2/h8-9,12-13,15,18-19H,2-7,10-11H2,1H3;3H2,1-2H3. The van der Waals surface area contributed by atoms with Crippen LogP contribution in [-0.4, -0.2) is 24.8 Å². The van der Waals surface area contributed by atoms with Crippen LogP contribution in [0.15, 0.2) is 18.2 Å². The monoisotopic (exact) mass is 428 g/mol. The third-order valence-corrected chi connectivity index (χ3v) is 6.05. The number of rotatable bonds is 4. The van der Waals surface area contributed by atoms with Gasteiger partial charge in [-0.05, 0) is 62.1 Å². The molecule has 3 rings (SSSR count). The Kier molecular flexibility index (Phi) is 10.1. The van der Waals surface area contributed by atoms with Crippen LogP contribution in [-0.2, 0) is 14.3 Å². The van der Waals surface area contributed by atoms with E-state index in [0.717, 1.165) is 44.1 Å². The number of benzene rings is 1. The van der Waals surface area contributed by atoms with Gasteiger partial charge in [-0.3, -0.25) is 4.79 Å². The lowest BCUT2D eigenvalue weighted by atomic mass is 9.87. The summed E-state index contributed by atoms with van der Waals surface area (Å²) in [5.74, 6) is -0.0161. The smallest absolute Gasteiger partial charge is 0.316 e. The summed E-state index contributed by atoms with van der Waals surface area (Å²) in [5.41, 5.74) is 0.829. The molecule has 0 bridgehead atoms. The first-order valence-electron chi connectivity index (χ1n) is 10.7. The zero-order valence-corrected chi connectivity index (χ0v) is 18.9. The molecule has 0 spiro atoms. The second kappa shape index (κ2) is 12.0. The maximum absolute atomic E-state index is 13.0. The summed E-state index contributed by atoms with van der Waals surface area (Å²) < 4.78 is 11.8. The number of carbonyl (C=O) groups is 1. The van der Waals surface area contributed by atoms with Crippen LogP contribution in [0.3, 0.4) is 0 Å². The Bertz CT molecular complexity index is 614. The molecule has 1 heterocycles. The van der Waals surface area contributed by atoms with E-state index in [4.69, 9.17) is 32.7 Å². The maximum atomic E-state index is 13.0. The van der Waals surface area contributed by atoms with Gasteiger partial charge in [0, 0.05) is 6.61 Å². The summed E-state index contributed by atoms with van der Waals surface area (Å²) in [6.45, 7) is 7.16. The van der Waals surface area contributed by atoms with Crippen molar-refractivity contribution < 1.29 is 14.3 Å². The van der Waals surface area contributed by atoms with Crippen molar-refractivity contribution >= 4 is 29.2 Å². The summed E-state index contributed by atoms with van der Waals surface area (Å²) in [4.78, 5) is 13.0. The first-order valence-corrected chi connectivity index (χ1v) is 11.5. The lowest BCUT2D eigenvalue weighted by molar-refractivity contribution is -0.158. The lowest BCUT2D eigenvalue weighted by Crippen LogP contribution is -2.35. The van der Waals surface area contributed by atoms with Gasteiger partial charge in [-0.25, -0.2) is 0 Å². The molecule has 4 atom stereocenters. The molecule has 0 radical (unpaired) electrons. The Morgan fingerprint density at radius 2 is 1.89 bits per heavy atom. The first kappa shape index (κ1) is 23.5. The van der Waals surface area contributed by atoms with Crippen molar-refractivity contribution in [1.82, 2.24) is 0 Å². The molecule has 1 saturated carbocycles. The van der Waals surface area contributed by atoms with Crippen molar-refractivity contribution in [3.8, 4) is 0 Å². The highest BCUT2D eigenvalue weighted by Crippen LogP contribution is 2.35. The van der Waals surface area contributed by atoms with Crippen molar-refractivity contribution in [3.05, 3.63) is 33.8 Å². The first-order chi connectivity index (χ1) is 13.5. The molecular weight excluding hydrogens is 395 g/mol. The Labute approximate surface area is 180 Å². The van der Waals surface area contributed by atoms with Gasteiger partial charge in [0.2, 0.25) is 0 Å². The molecule has 1 aliphatic carbocycles. The third kappa shape index (κ3) is 6.93. The van der Waals surface area contributed by atoms with Crippen LogP contribution in [0.1, 0.15) is 83.6 Å². The van der Waals surface area contributed by atoms with Crippen molar-refractivity contribution in [2.24, 2.45) is 5.92 Å². The van der Waals surface area contributed by atoms with E-state index in [9.17, 15) is 4.79 Å². The summed E-state index contributed by atoms with van der Waals surface area (Å²) in [7, 11) is 0. The van der Waals surface area contributed by atoms with E-state index in [2.05, 4.69) is 20.8 Å². The average Bonchev–Trinajstić information content (AvgIpc) is 2.66. The Hall–Kier alpha value is -0.770. The van der Waals surface area contributed by atoms with E-state index in [1.54, 1.807) is 12.1 Å². The van der Waals surface area contributed by atoms with Crippen molar-refractivity contribution in [2.75, 3.05) is 6.61 Å². The van der Waals surface area contributed by atoms with Crippen LogP contribution in [0, 0.1) is 5.92 Å². The quantitative estimate of drug-likeness (QED) is 0.476. The van der Waals surface area contributed by atoms with E-state index < -0.39 is 5.92 Å². The molecule has 1 aliphatic heterocycles. The third-order valence-electron chi connectivity index (χ3n) is 5.31. The van der Waals surface area contributed by atoms with Crippen LogP contribution in [0.2, 0.25) is 10.0 Å². The Balaban J connectivity index is 0.000000878. The number of carbonyl (C=O) groups excluding carboxylic acids is 1. The van der Waals surface area contributed by atoms with Crippen LogP contribution in [0.5, 0.6) is 0 Å². The van der Waals surface area contributed by atoms with E-state index in [1.807, 2.05) is 6.07 Å². The molecule has 3 nitrogen and oxygen atoms in total. The number of ether oxygens (including phenoxy) is 2. The van der Waals surface area contributed by atoms with Gasteiger partial charge in [-0.2, -0.15) is 0 Å². The fourth-order valence-corrected chi connectivity index (χ4v) is 4.27. The number of hydrogen-bond donors (Lipinski definition) is 0. The van der Waals surface area contributed by atoms with Gasteiger partial charge in [-0.1, -0.05) is 62.9 Å². The van der Waals surface area contributed by atoms with Crippen LogP contribution in [0.25, 0.3) is 0 Å². The molecule has 1 saturated heterocycles. The van der Waals surface area contributed by atoms with E-state index in [0.29, 0.717) is 22.6 Å². The minimum absolute atomic E-state index is 0.0186. The predicted octanol–water partition coefficient (Wildman–Crippen LogP) is 7.18. The molecule has 0 N–H and O–H groups in total. The molecule has 0 amide bonds. The lowest BCUT2D eigenvalue weighted by Gasteiger charge is -2.32. The molecule has 0 aromatic heterocycles. The minimum Gasteiger partial charge on any atom is -0.462 e. The van der Waals surface area contributed by atoms with Crippen LogP contribution < -0.4 is 0 Å². The van der Waals surface area contributed by atoms with Gasteiger partial charge in [0.05, 0.1) is 16.1 Å². The molecule has 2 fully saturated rings. The van der Waals surface area contributed by atoms with Gasteiger partial charge >= 0.3 is 5.97 Å². The van der Waals surface area contributed by atoms with Crippen molar-refractivity contribution in [1.29, 1.82) is 0 Å². The van der Waals surface area contributed by atoms with Gasteiger partial charge in [0.1, 0.15) is 12.0 Å². The molecule has 28 heavy (non-hydrogen) atoms. The molecule has 1 aromatic carbocycles. The fourth-order valence-electron chi connectivity index (χ4n) is 3.96. The Morgan fingerprint density at radius 3 is 2.50 bits per heavy atom. The number of halogens is 2. The van der Waals surface area contributed by atoms with Crippen LogP contribution >= 0.6 is 23.2 Å². The van der Waals surface area contributed by atoms with Gasteiger partial charge < -0.3 is 9.47 Å². The number of esters is 1. The average molecular weight is 429 g/mol. The molecule has 158 valence electrons. The fraction of sp³-hybridized carbons (Fsp3) is 0.696. The minimum atomic E-state index is -0.438. The predicted molar refractivity (Wildman–Crippen MR) is 116 cm³/mol. The summed E-state index contributed by atoms with van der Waals surface area (Å²) in [5, 5.41) is 0.947. The SMILES string of the molecule is CC1CCCC(OC(=O)C(c2ccc(Cl)c(Cl)c2)C2CCCCO2)C1.CCC. The van der Waals surface area contributed by atoms with E-state index in [1.165, 1.54) is 12.8 Å². The second-order valence-corrected chi connectivity index (χ2v) is 8.91. The van der Waals surface area contributed by atoms with E-state index >= 15 is 0 Å². The highest BCUT2D eigenvalue weighted by Gasteiger charge is 2.35. The van der Waals surface area contributed by atoms with Crippen molar-refractivity contribution in [2.45, 2.75) is 90.3 Å². The molecule has 1 aromatic rings. The van der Waals surface area contributed by atoms with E-state index in [-0.39, 0.29) is 18.2 Å². The second-order valence-electron chi connectivity index (χ2n) is 8.09. The largest absolute Gasteiger partial charge is 0.462 e. The summed E-state index contributed by atoms with van der Waals surface area (Å²) in [6, 6.07) is 5.38. The number of hydrogen-bond acceptors (Lipinski definition) is 3. The molecule has 4 unspecified atom stereocenters. The highest BCUT2D eigenvalue weighted by molar-refractivity contribution is 6.42. The van der Waals surface area contributed by atoms with Crippen LogP contribution in [0.4, 0.5) is 0 Å². The molecule has 2 aliphatic rings. The van der Waals surface area contributed by atoms with Gasteiger partial charge in [-0.15, -0.1) is 0 Å². The zero-order chi connectivity index (χ0) is 20.5. The van der Waals surface area contributed by atoms with Crippen molar-refractivity contribution in [3.63, 3.8) is 0 Å².